The lowest BCUT2D eigenvalue weighted by Crippen LogP contribution is -2.14. The molecular weight excluding hydrogens is 273 g/mol. The molecule has 4 nitrogen and oxygen atoms in total. The molecule has 0 fully saturated rings. The van der Waals surface area contributed by atoms with Gasteiger partial charge in [-0.05, 0) is 24.3 Å². The maximum atomic E-state index is 12.0. The molecule has 3 N–H and O–H groups in total. The zero-order valence-electron chi connectivity index (χ0n) is 9.15. The Morgan fingerprint density at radius 2 is 1.89 bits per heavy atom. The fourth-order valence-corrected chi connectivity index (χ4v) is 1.76. The normalized spacial score (nSPS) is 10.1. The van der Waals surface area contributed by atoms with Crippen LogP contribution in [-0.4, -0.2) is 10.9 Å². The molecule has 2 rings (SSSR count). The number of amides is 1. The van der Waals surface area contributed by atoms with Crippen molar-refractivity contribution in [1.82, 2.24) is 4.98 Å². The van der Waals surface area contributed by atoms with Crippen molar-refractivity contribution >= 4 is 40.6 Å². The number of nitrogens with zero attached hydrogens (tertiary/aromatic N) is 1. The maximum absolute atomic E-state index is 12.0. The van der Waals surface area contributed by atoms with E-state index >= 15 is 0 Å². The number of pyridine rings is 1. The molecule has 0 bridgehead atoms. The number of carbonyl (C=O) groups excluding carboxylic acids is 1. The van der Waals surface area contributed by atoms with Crippen molar-refractivity contribution in [3.8, 4) is 0 Å². The van der Waals surface area contributed by atoms with E-state index in [1.807, 2.05) is 0 Å². The monoisotopic (exact) mass is 281 g/mol. The lowest BCUT2D eigenvalue weighted by atomic mass is 10.2. The van der Waals surface area contributed by atoms with Crippen LogP contribution in [-0.2, 0) is 0 Å². The van der Waals surface area contributed by atoms with Gasteiger partial charge in [0, 0.05) is 0 Å². The number of rotatable bonds is 2. The van der Waals surface area contributed by atoms with Gasteiger partial charge in [0.1, 0.15) is 11.0 Å². The largest absolute Gasteiger partial charge is 0.398 e. The Hall–Kier alpha value is -1.78. The number of nitrogen functional groups attached to an aromatic ring is 1. The molecule has 0 saturated heterocycles. The highest BCUT2D eigenvalue weighted by Crippen LogP contribution is 2.23. The second-order valence-corrected chi connectivity index (χ2v) is 4.27. The molecule has 0 spiro atoms. The minimum Gasteiger partial charge on any atom is -0.398 e. The number of halogens is 2. The summed E-state index contributed by atoms with van der Waals surface area (Å²) in [6, 6.07) is 9.79. The van der Waals surface area contributed by atoms with Gasteiger partial charge >= 0.3 is 0 Å². The van der Waals surface area contributed by atoms with E-state index < -0.39 is 0 Å². The molecular formula is C12H9Cl2N3O. The molecule has 92 valence electrons. The van der Waals surface area contributed by atoms with Gasteiger partial charge in [0.15, 0.2) is 0 Å². The molecule has 0 unspecified atom stereocenters. The van der Waals surface area contributed by atoms with Gasteiger partial charge in [0.05, 0.1) is 16.3 Å². The number of nitrogens with one attached hydrogen (secondary N) is 1. The molecule has 0 saturated carbocycles. The standard InChI is InChI=1S/C12H9Cl2N3O/c13-9-5-2-6-10(16-9)17-12(18)7-3-1-4-8(15)11(7)14/h1-6H,15H2,(H,16,17,18). The van der Waals surface area contributed by atoms with Crippen LogP contribution >= 0.6 is 23.2 Å². The fraction of sp³-hybridized carbons (Fsp3) is 0. The minimum atomic E-state index is -0.387. The van der Waals surface area contributed by atoms with Crippen molar-refractivity contribution in [3.63, 3.8) is 0 Å². The third-order valence-electron chi connectivity index (χ3n) is 2.23. The quantitative estimate of drug-likeness (QED) is 0.656. The molecule has 1 amide bonds. The van der Waals surface area contributed by atoms with Crippen molar-refractivity contribution in [1.29, 1.82) is 0 Å². The Morgan fingerprint density at radius 1 is 1.17 bits per heavy atom. The number of nitrogens with two attached hydrogens (primary N) is 1. The summed E-state index contributed by atoms with van der Waals surface area (Å²) in [5.74, 6) is -0.0342. The van der Waals surface area contributed by atoms with Crippen LogP contribution < -0.4 is 11.1 Å². The summed E-state index contributed by atoms with van der Waals surface area (Å²) in [6.07, 6.45) is 0. The number of anilines is 2. The smallest absolute Gasteiger partial charge is 0.258 e. The predicted octanol–water partition coefficient (Wildman–Crippen LogP) is 3.22. The fourth-order valence-electron chi connectivity index (χ4n) is 1.39. The highest BCUT2D eigenvalue weighted by Gasteiger charge is 2.12. The second-order valence-electron chi connectivity index (χ2n) is 3.51. The first kappa shape index (κ1) is 12.7. The molecule has 0 radical (unpaired) electrons. The van der Waals surface area contributed by atoms with Gasteiger partial charge in [0.2, 0.25) is 0 Å². The van der Waals surface area contributed by atoms with Crippen molar-refractivity contribution in [2.24, 2.45) is 0 Å². The SMILES string of the molecule is Nc1cccc(C(=O)Nc2cccc(Cl)n2)c1Cl. The number of carbonyl (C=O) groups is 1. The van der Waals surface area contributed by atoms with Gasteiger partial charge in [-0.25, -0.2) is 4.98 Å². The van der Waals surface area contributed by atoms with E-state index in [9.17, 15) is 4.79 Å². The van der Waals surface area contributed by atoms with Gasteiger partial charge < -0.3 is 11.1 Å². The van der Waals surface area contributed by atoms with Crippen LogP contribution in [0.2, 0.25) is 10.2 Å². The van der Waals surface area contributed by atoms with E-state index in [0.717, 1.165) is 0 Å². The van der Waals surface area contributed by atoms with Crippen LogP contribution in [0.15, 0.2) is 36.4 Å². The molecule has 0 aliphatic carbocycles. The van der Waals surface area contributed by atoms with E-state index in [4.69, 9.17) is 28.9 Å². The molecule has 18 heavy (non-hydrogen) atoms. The highest BCUT2D eigenvalue weighted by atomic mass is 35.5. The van der Waals surface area contributed by atoms with Crippen LogP contribution in [0.4, 0.5) is 11.5 Å². The first-order valence-corrected chi connectivity index (χ1v) is 5.81. The molecule has 1 heterocycles. The van der Waals surface area contributed by atoms with Gasteiger partial charge in [-0.2, -0.15) is 0 Å². The molecule has 6 heteroatoms. The first-order valence-electron chi connectivity index (χ1n) is 5.06. The molecule has 1 aromatic heterocycles. The average molecular weight is 282 g/mol. The third-order valence-corrected chi connectivity index (χ3v) is 2.86. The highest BCUT2D eigenvalue weighted by molar-refractivity contribution is 6.36. The Balaban J connectivity index is 2.25. The summed E-state index contributed by atoms with van der Waals surface area (Å²) in [7, 11) is 0. The van der Waals surface area contributed by atoms with Gasteiger partial charge in [-0.3, -0.25) is 4.79 Å². The Labute approximate surface area is 114 Å². The zero-order chi connectivity index (χ0) is 13.1. The second kappa shape index (κ2) is 5.25. The lowest BCUT2D eigenvalue weighted by Gasteiger charge is -2.07. The van der Waals surface area contributed by atoms with Gasteiger partial charge in [-0.1, -0.05) is 35.3 Å². The summed E-state index contributed by atoms with van der Waals surface area (Å²) in [4.78, 5) is 15.9. The zero-order valence-corrected chi connectivity index (χ0v) is 10.7. The number of benzene rings is 1. The van der Waals surface area contributed by atoms with Crippen molar-refractivity contribution in [2.45, 2.75) is 0 Å². The molecule has 1 aromatic carbocycles. The van der Waals surface area contributed by atoms with Crippen LogP contribution in [0.1, 0.15) is 10.4 Å². The van der Waals surface area contributed by atoms with Crippen molar-refractivity contribution in [2.75, 3.05) is 11.1 Å². The minimum absolute atomic E-state index is 0.219. The van der Waals surface area contributed by atoms with E-state index in [0.29, 0.717) is 22.2 Å². The van der Waals surface area contributed by atoms with Gasteiger partial charge in [0.25, 0.3) is 5.91 Å². The molecule has 0 aliphatic rings. The van der Waals surface area contributed by atoms with Gasteiger partial charge in [-0.15, -0.1) is 0 Å². The van der Waals surface area contributed by atoms with E-state index in [2.05, 4.69) is 10.3 Å². The average Bonchev–Trinajstić information content (AvgIpc) is 2.32. The summed E-state index contributed by atoms with van der Waals surface area (Å²) in [6.45, 7) is 0. The third kappa shape index (κ3) is 2.72. The predicted molar refractivity (Wildman–Crippen MR) is 73.1 cm³/mol. The van der Waals surface area contributed by atoms with Crippen LogP contribution in [0.5, 0.6) is 0 Å². The maximum Gasteiger partial charge on any atom is 0.258 e. The van der Waals surface area contributed by atoms with Crippen LogP contribution in [0, 0.1) is 0 Å². The molecule has 2 aromatic rings. The Kier molecular flexibility index (Phi) is 3.69. The molecule has 0 atom stereocenters. The van der Waals surface area contributed by atoms with E-state index in [1.165, 1.54) is 0 Å². The number of hydrogen-bond donors (Lipinski definition) is 2. The van der Waals surface area contributed by atoms with Crippen LogP contribution in [0.25, 0.3) is 0 Å². The van der Waals surface area contributed by atoms with E-state index in [-0.39, 0.29) is 10.9 Å². The summed E-state index contributed by atoms with van der Waals surface area (Å²) in [5, 5.41) is 3.11. The molecule has 0 aliphatic heterocycles. The first-order chi connectivity index (χ1) is 8.58. The Morgan fingerprint density at radius 3 is 2.61 bits per heavy atom. The summed E-state index contributed by atoms with van der Waals surface area (Å²) in [5.41, 5.74) is 6.27. The van der Waals surface area contributed by atoms with Crippen molar-refractivity contribution < 1.29 is 4.79 Å². The summed E-state index contributed by atoms with van der Waals surface area (Å²) >= 11 is 11.7. The lowest BCUT2D eigenvalue weighted by molar-refractivity contribution is 0.102. The topological polar surface area (TPSA) is 68.0 Å². The number of aromatic nitrogens is 1. The van der Waals surface area contributed by atoms with Crippen molar-refractivity contribution in [3.05, 3.63) is 52.1 Å². The summed E-state index contributed by atoms with van der Waals surface area (Å²) < 4.78 is 0. The van der Waals surface area contributed by atoms with Crippen LogP contribution in [0.3, 0.4) is 0 Å². The van der Waals surface area contributed by atoms with E-state index in [1.54, 1.807) is 36.4 Å². The number of hydrogen-bond acceptors (Lipinski definition) is 3. The Bertz CT molecular complexity index is 602.